The van der Waals surface area contributed by atoms with E-state index in [4.69, 9.17) is 4.74 Å². The molecule has 2 rings (SSSR count). The van der Waals surface area contributed by atoms with E-state index >= 15 is 0 Å². The van der Waals surface area contributed by atoms with Crippen molar-refractivity contribution in [3.63, 3.8) is 0 Å². The summed E-state index contributed by atoms with van der Waals surface area (Å²) in [6.45, 7) is 4.01. The Kier molecular flexibility index (Phi) is 2.37. The summed E-state index contributed by atoms with van der Waals surface area (Å²) in [5, 5.41) is 9.17. The van der Waals surface area contributed by atoms with Crippen LogP contribution in [0.4, 0.5) is 0 Å². The molecule has 0 aromatic carbocycles. The van der Waals surface area contributed by atoms with E-state index < -0.39 is 0 Å². The summed E-state index contributed by atoms with van der Waals surface area (Å²) in [5.74, 6) is -0.358. The number of esters is 1. The first kappa shape index (κ1) is 9.64. The van der Waals surface area contributed by atoms with Crippen LogP contribution < -0.4 is 0 Å². The summed E-state index contributed by atoms with van der Waals surface area (Å²) in [6.07, 6.45) is 3.19. The third kappa shape index (κ3) is 1.56. The number of carbonyl (C=O) groups is 1. The van der Waals surface area contributed by atoms with E-state index in [0.29, 0.717) is 12.3 Å². The van der Waals surface area contributed by atoms with Crippen molar-refractivity contribution in [2.75, 3.05) is 6.61 Å². The van der Waals surface area contributed by atoms with E-state index in [0.717, 1.165) is 16.5 Å². The van der Waals surface area contributed by atoms with Gasteiger partial charge in [-0.15, -0.1) is 0 Å². The van der Waals surface area contributed by atoms with Gasteiger partial charge in [0.1, 0.15) is 5.69 Å². The lowest BCUT2D eigenvalue weighted by Gasteiger charge is -1.98. The van der Waals surface area contributed by atoms with Crippen molar-refractivity contribution in [1.29, 1.82) is 0 Å². The molecule has 0 aliphatic heterocycles. The smallest absolute Gasteiger partial charge is 0.355 e. The van der Waals surface area contributed by atoms with Gasteiger partial charge in [0.15, 0.2) is 0 Å². The van der Waals surface area contributed by atoms with E-state index in [2.05, 4.69) is 15.2 Å². The van der Waals surface area contributed by atoms with E-state index in [1.54, 1.807) is 19.3 Å². The molecule has 78 valence electrons. The molecule has 2 heterocycles. The summed E-state index contributed by atoms with van der Waals surface area (Å²) in [4.78, 5) is 14.6. The molecule has 5 nitrogen and oxygen atoms in total. The average Bonchev–Trinajstić information content (AvgIpc) is 2.58. The summed E-state index contributed by atoms with van der Waals surface area (Å²) < 4.78 is 4.93. The predicted molar refractivity (Wildman–Crippen MR) is 54.6 cm³/mol. The molecule has 5 heteroatoms. The molecule has 0 radical (unpaired) electrons. The predicted octanol–water partition coefficient (Wildman–Crippen LogP) is 1.44. The second-order valence-electron chi connectivity index (χ2n) is 3.16. The fraction of sp³-hybridized carbons (Fsp3) is 0.300. The molecule has 0 amide bonds. The highest BCUT2D eigenvalue weighted by Gasteiger charge is 2.15. The Morgan fingerprint density at radius 1 is 1.40 bits per heavy atom. The number of nitrogens with one attached hydrogen (secondary N) is 1. The average molecular weight is 205 g/mol. The van der Waals surface area contributed by atoms with E-state index in [1.807, 2.05) is 6.92 Å². The Labute approximate surface area is 86.5 Å². The van der Waals surface area contributed by atoms with Crippen molar-refractivity contribution in [2.24, 2.45) is 0 Å². The van der Waals surface area contributed by atoms with Crippen LogP contribution in [-0.2, 0) is 4.74 Å². The Morgan fingerprint density at radius 3 is 2.73 bits per heavy atom. The van der Waals surface area contributed by atoms with Crippen molar-refractivity contribution < 1.29 is 9.53 Å². The maximum atomic E-state index is 11.6. The minimum Gasteiger partial charge on any atom is -0.461 e. The molecule has 0 atom stereocenters. The van der Waals surface area contributed by atoms with Gasteiger partial charge in [0.2, 0.25) is 0 Å². The monoisotopic (exact) mass is 205 g/mol. The summed E-state index contributed by atoms with van der Waals surface area (Å²) in [5.41, 5.74) is 1.34. The molecular formula is C10H11N3O2. The van der Waals surface area contributed by atoms with Crippen LogP contribution in [0, 0.1) is 6.92 Å². The zero-order chi connectivity index (χ0) is 10.8. The summed E-state index contributed by atoms with van der Waals surface area (Å²) in [7, 11) is 0. The molecule has 2 aromatic heterocycles. The number of hydrogen-bond donors (Lipinski definition) is 1. The molecule has 15 heavy (non-hydrogen) atoms. The number of hydrogen-bond acceptors (Lipinski definition) is 4. The van der Waals surface area contributed by atoms with Crippen LogP contribution in [0.1, 0.15) is 23.1 Å². The number of H-pyrrole nitrogens is 1. The van der Waals surface area contributed by atoms with Gasteiger partial charge in [-0.2, -0.15) is 10.2 Å². The number of aromatic amines is 1. The Balaban J connectivity index is 2.57. The summed E-state index contributed by atoms with van der Waals surface area (Å²) in [6, 6.07) is 0. The first-order valence-corrected chi connectivity index (χ1v) is 4.70. The number of rotatable bonds is 2. The van der Waals surface area contributed by atoms with Gasteiger partial charge in [0.25, 0.3) is 0 Å². The van der Waals surface area contributed by atoms with Gasteiger partial charge in [-0.3, -0.25) is 0 Å². The maximum Gasteiger partial charge on any atom is 0.355 e. The van der Waals surface area contributed by atoms with Gasteiger partial charge in [-0.05, 0) is 13.8 Å². The minimum atomic E-state index is -0.358. The number of ether oxygens (including phenoxy) is 1. The first-order chi connectivity index (χ1) is 7.24. The van der Waals surface area contributed by atoms with Crippen molar-refractivity contribution in [2.45, 2.75) is 13.8 Å². The van der Waals surface area contributed by atoms with Crippen LogP contribution in [0.3, 0.4) is 0 Å². The SMILES string of the molecule is CCOC(=O)c1[nH]c(C)c2cnncc12. The third-order valence-electron chi connectivity index (χ3n) is 2.20. The van der Waals surface area contributed by atoms with Crippen LogP contribution >= 0.6 is 0 Å². The lowest BCUT2D eigenvalue weighted by molar-refractivity contribution is 0.0522. The second-order valence-corrected chi connectivity index (χ2v) is 3.16. The van der Waals surface area contributed by atoms with Crippen LogP contribution in [0.2, 0.25) is 0 Å². The molecule has 0 fully saturated rings. The zero-order valence-electron chi connectivity index (χ0n) is 8.57. The highest BCUT2D eigenvalue weighted by atomic mass is 16.5. The number of aromatic nitrogens is 3. The normalized spacial score (nSPS) is 10.5. The molecule has 0 bridgehead atoms. The van der Waals surface area contributed by atoms with Gasteiger partial charge < -0.3 is 9.72 Å². The maximum absolute atomic E-state index is 11.6. The molecule has 2 aromatic rings. The minimum absolute atomic E-state index is 0.358. The lowest BCUT2D eigenvalue weighted by atomic mass is 10.2. The zero-order valence-corrected chi connectivity index (χ0v) is 8.57. The molecule has 0 saturated heterocycles. The number of aryl methyl sites for hydroxylation is 1. The summed E-state index contributed by atoms with van der Waals surface area (Å²) >= 11 is 0. The largest absolute Gasteiger partial charge is 0.461 e. The van der Waals surface area contributed by atoms with E-state index in [9.17, 15) is 4.79 Å². The fourth-order valence-electron chi connectivity index (χ4n) is 1.51. The topological polar surface area (TPSA) is 67.9 Å². The van der Waals surface area contributed by atoms with Crippen LogP contribution in [0.25, 0.3) is 10.8 Å². The van der Waals surface area contributed by atoms with Crippen molar-refractivity contribution >= 4 is 16.7 Å². The highest BCUT2D eigenvalue weighted by molar-refractivity contribution is 6.04. The van der Waals surface area contributed by atoms with Crippen LogP contribution in [0.15, 0.2) is 12.4 Å². The van der Waals surface area contributed by atoms with Crippen molar-refractivity contribution in [3.8, 4) is 0 Å². The molecule has 0 aliphatic carbocycles. The van der Waals surface area contributed by atoms with E-state index in [1.165, 1.54) is 0 Å². The second kappa shape index (κ2) is 3.68. The van der Waals surface area contributed by atoms with E-state index in [-0.39, 0.29) is 5.97 Å². The van der Waals surface area contributed by atoms with Gasteiger partial charge in [0, 0.05) is 16.5 Å². The van der Waals surface area contributed by atoms with Gasteiger partial charge in [-0.1, -0.05) is 0 Å². The molecule has 0 aliphatic rings. The molecular weight excluding hydrogens is 194 g/mol. The standard InChI is InChI=1S/C10H11N3O2/c1-3-15-10(14)9-8-5-12-11-4-7(8)6(2)13-9/h4-5,13H,3H2,1-2H3. The Hall–Kier alpha value is -1.91. The Morgan fingerprint density at radius 2 is 2.07 bits per heavy atom. The number of fused-ring (bicyclic) bond motifs is 1. The number of carbonyl (C=O) groups excluding carboxylic acids is 1. The van der Waals surface area contributed by atoms with Crippen molar-refractivity contribution in [1.82, 2.24) is 15.2 Å². The quantitative estimate of drug-likeness (QED) is 0.753. The fourth-order valence-corrected chi connectivity index (χ4v) is 1.51. The molecule has 0 spiro atoms. The van der Waals surface area contributed by atoms with Crippen LogP contribution in [0.5, 0.6) is 0 Å². The van der Waals surface area contributed by atoms with Gasteiger partial charge in [0.05, 0.1) is 19.0 Å². The molecule has 1 N–H and O–H groups in total. The molecule has 0 unspecified atom stereocenters. The van der Waals surface area contributed by atoms with Crippen molar-refractivity contribution in [3.05, 3.63) is 23.8 Å². The lowest BCUT2D eigenvalue weighted by Crippen LogP contribution is -2.05. The first-order valence-electron chi connectivity index (χ1n) is 4.70. The van der Waals surface area contributed by atoms with Crippen LogP contribution in [-0.4, -0.2) is 27.8 Å². The van der Waals surface area contributed by atoms with Gasteiger partial charge in [-0.25, -0.2) is 4.79 Å². The third-order valence-corrected chi connectivity index (χ3v) is 2.20. The Bertz CT molecular complexity index is 504. The number of nitrogens with zero attached hydrogens (tertiary/aromatic N) is 2. The van der Waals surface area contributed by atoms with Gasteiger partial charge >= 0.3 is 5.97 Å². The highest BCUT2D eigenvalue weighted by Crippen LogP contribution is 2.20. The molecule has 0 saturated carbocycles.